The smallest absolute Gasteiger partial charge is 0.306 e. The Morgan fingerprint density at radius 3 is 1.45 bits per heavy atom. The maximum absolute atomic E-state index is 13.2. The molecule has 0 aromatic rings. The molecule has 0 aliphatic heterocycles. The van der Waals surface area contributed by atoms with E-state index in [0.717, 1.165) is 96.3 Å². The molecule has 0 spiro atoms. The number of hydrogen-bond acceptors (Lipinski definition) is 5. The number of ether oxygens (including phenoxy) is 1. The van der Waals surface area contributed by atoms with Gasteiger partial charge in [0.1, 0.15) is 6.10 Å². The molecule has 366 valence electrons. The third-order valence-corrected chi connectivity index (χ3v) is 10.9. The molecule has 6 nitrogen and oxygen atoms in total. The van der Waals surface area contributed by atoms with E-state index in [-0.39, 0.29) is 24.9 Å². The molecule has 0 aromatic heterocycles. The molecule has 0 radical (unpaired) electrons. The molecule has 0 aromatic carbocycles. The van der Waals surface area contributed by atoms with Gasteiger partial charge in [-0.15, -0.1) is 0 Å². The largest absolute Gasteiger partial charge is 0.462 e. The topological polar surface area (TPSA) is 95.9 Å². The van der Waals surface area contributed by atoms with E-state index in [1.807, 2.05) is 60.8 Å². The number of carbonyl (C=O) groups is 2. The lowest BCUT2D eigenvalue weighted by Gasteiger charge is -2.24. The first-order valence-corrected chi connectivity index (χ1v) is 26.0. The molecular weight excluding hydrogens is 803 g/mol. The molecule has 3 N–H and O–H groups in total. The number of esters is 1. The van der Waals surface area contributed by atoms with Crippen LogP contribution in [0.2, 0.25) is 0 Å². The summed E-state index contributed by atoms with van der Waals surface area (Å²) in [6.45, 7) is 6.18. The van der Waals surface area contributed by atoms with Crippen molar-refractivity contribution in [3.05, 3.63) is 134 Å². The van der Waals surface area contributed by atoms with Crippen molar-refractivity contribution in [3.8, 4) is 0 Å². The van der Waals surface area contributed by atoms with E-state index in [1.54, 1.807) is 0 Å². The molecule has 0 saturated heterocycles. The van der Waals surface area contributed by atoms with Crippen LogP contribution in [0.1, 0.15) is 201 Å². The summed E-state index contributed by atoms with van der Waals surface area (Å²) >= 11 is 0. The fourth-order valence-electron chi connectivity index (χ4n) is 7.02. The van der Waals surface area contributed by atoms with Crippen LogP contribution in [0.25, 0.3) is 0 Å². The number of aliphatic hydroxyl groups excluding tert-OH is 2. The quantitative estimate of drug-likeness (QED) is 0.0245. The van der Waals surface area contributed by atoms with E-state index in [1.165, 1.54) is 57.8 Å². The lowest BCUT2D eigenvalue weighted by Crippen LogP contribution is -2.46. The van der Waals surface area contributed by atoms with Gasteiger partial charge in [-0.1, -0.05) is 238 Å². The summed E-state index contributed by atoms with van der Waals surface area (Å²) in [5.74, 6) is -0.596. The molecule has 0 aliphatic carbocycles. The Bertz CT molecular complexity index is 1420. The van der Waals surface area contributed by atoms with Crippen molar-refractivity contribution >= 4 is 11.9 Å². The number of rotatable bonds is 44. The number of nitrogens with one attached hydrogen (secondary N) is 1. The third-order valence-electron chi connectivity index (χ3n) is 10.9. The first-order chi connectivity index (χ1) is 32.0. The Morgan fingerprint density at radius 2 is 0.923 bits per heavy atom. The molecule has 0 heterocycles. The van der Waals surface area contributed by atoms with Gasteiger partial charge in [0.15, 0.2) is 0 Å². The van der Waals surface area contributed by atoms with Crippen molar-refractivity contribution < 1.29 is 24.5 Å². The highest BCUT2D eigenvalue weighted by molar-refractivity contribution is 5.77. The van der Waals surface area contributed by atoms with Gasteiger partial charge < -0.3 is 20.3 Å². The second-order valence-electron chi connectivity index (χ2n) is 17.0. The van der Waals surface area contributed by atoms with Crippen LogP contribution >= 0.6 is 0 Å². The predicted octanol–water partition coefficient (Wildman–Crippen LogP) is 15.8. The van der Waals surface area contributed by atoms with Crippen LogP contribution in [0.4, 0.5) is 0 Å². The zero-order valence-corrected chi connectivity index (χ0v) is 41.6. The van der Waals surface area contributed by atoms with Crippen LogP contribution in [-0.2, 0) is 14.3 Å². The van der Waals surface area contributed by atoms with Crippen molar-refractivity contribution in [1.29, 1.82) is 0 Å². The van der Waals surface area contributed by atoms with E-state index >= 15 is 0 Å². The summed E-state index contributed by atoms with van der Waals surface area (Å²) in [6, 6.07) is -0.739. The highest BCUT2D eigenvalue weighted by atomic mass is 16.5. The van der Waals surface area contributed by atoms with Crippen molar-refractivity contribution in [2.24, 2.45) is 0 Å². The molecule has 3 atom stereocenters. The number of hydrogen-bond donors (Lipinski definition) is 3. The monoisotopic (exact) mass is 898 g/mol. The molecule has 6 heteroatoms. The van der Waals surface area contributed by atoms with Gasteiger partial charge in [-0.3, -0.25) is 9.59 Å². The molecule has 0 bridgehead atoms. The van der Waals surface area contributed by atoms with E-state index in [4.69, 9.17) is 4.74 Å². The molecule has 3 unspecified atom stereocenters. The Labute approximate surface area is 399 Å². The summed E-state index contributed by atoms with van der Waals surface area (Å²) in [7, 11) is 0. The number of aliphatic hydroxyl groups is 2. The minimum atomic E-state index is -0.820. The lowest BCUT2D eigenvalue weighted by molar-refractivity contribution is -0.151. The number of allylic oxidation sites excluding steroid dienone is 22. The Kier molecular flexibility index (Phi) is 47.9. The van der Waals surface area contributed by atoms with Crippen LogP contribution in [0.15, 0.2) is 134 Å². The average Bonchev–Trinajstić information content (AvgIpc) is 3.30. The van der Waals surface area contributed by atoms with Gasteiger partial charge in [-0.05, 0) is 83.5 Å². The maximum atomic E-state index is 13.2. The van der Waals surface area contributed by atoms with E-state index in [9.17, 15) is 19.8 Å². The summed E-state index contributed by atoms with van der Waals surface area (Å²) < 4.78 is 5.89. The average molecular weight is 898 g/mol. The van der Waals surface area contributed by atoms with Crippen molar-refractivity contribution in [3.63, 3.8) is 0 Å². The second-order valence-corrected chi connectivity index (χ2v) is 17.0. The Morgan fingerprint density at radius 1 is 0.477 bits per heavy atom. The third kappa shape index (κ3) is 46.3. The maximum Gasteiger partial charge on any atom is 0.306 e. The van der Waals surface area contributed by atoms with Gasteiger partial charge >= 0.3 is 5.97 Å². The number of amides is 1. The summed E-state index contributed by atoms with van der Waals surface area (Å²) in [4.78, 5) is 26.2. The molecule has 0 aliphatic rings. The van der Waals surface area contributed by atoms with E-state index in [0.29, 0.717) is 19.3 Å². The number of carbonyl (C=O) groups excluding carboxylic acids is 2. The SMILES string of the molecule is CC\C=C/C=C/C=C/C=C\C=C\C=C\CCCCCC(=O)OC(CCC/C=C\C/C=C\C/C=C\C/C=C\C/C=C\CC)CC(=O)NC(CO)C(O)CCCCCCCCCCCCCC. The first kappa shape index (κ1) is 61.0. The first-order valence-electron chi connectivity index (χ1n) is 26.0. The standard InChI is InChI=1S/C59H95NO5/c1-4-7-10-13-16-19-22-25-27-29-31-33-35-38-41-44-47-50-55(65-59(64)52-49-46-43-40-37-34-32-30-28-26-23-20-17-14-11-8-5-2)53-58(63)60-56(54-61)57(62)51-48-45-42-39-36-24-21-18-15-12-9-6-3/h7-8,10-11,14,16-17,19-20,23,25-28,30-34,37-38,41,55-57,61-62H,4-6,9,12-13,15,18,21-22,24,29,35-36,39-40,42-54H2,1-3H3,(H,60,63)/b10-7-,11-8-,17-14+,19-16-,23-20+,27-25-,28-26-,32-30+,33-31-,37-34+,41-38-. The fourth-order valence-corrected chi connectivity index (χ4v) is 7.02. The van der Waals surface area contributed by atoms with Gasteiger partial charge in [-0.25, -0.2) is 0 Å². The lowest BCUT2D eigenvalue weighted by atomic mass is 10.0. The summed E-state index contributed by atoms with van der Waals surface area (Å²) in [5, 5.41) is 23.7. The van der Waals surface area contributed by atoms with Gasteiger partial charge in [0.2, 0.25) is 5.91 Å². The molecule has 0 fully saturated rings. The highest BCUT2D eigenvalue weighted by Crippen LogP contribution is 2.16. The summed E-state index contributed by atoms with van der Waals surface area (Å²) in [5.41, 5.74) is 0. The van der Waals surface area contributed by atoms with Crippen LogP contribution in [-0.4, -0.2) is 46.9 Å². The molecular formula is C59H95NO5. The van der Waals surface area contributed by atoms with Gasteiger partial charge in [-0.2, -0.15) is 0 Å². The fraction of sp³-hybridized carbons (Fsp3) is 0.593. The zero-order valence-electron chi connectivity index (χ0n) is 41.6. The molecule has 65 heavy (non-hydrogen) atoms. The minimum absolute atomic E-state index is 0.0106. The van der Waals surface area contributed by atoms with Gasteiger partial charge in [0.25, 0.3) is 0 Å². The summed E-state index contributed by atoms with van der Waals surface area (Å²) in [6.07, 6.45) is 72.2. The number of unbranched alkanes of at least 4 members (excludes halogenated alkanes) is 15. The normalized spacial score (nSPS) is 14.4. The second kappa shape index (κ2) is 51.0. The predicted molar refractivity (Wildman–Crippen MR) is 282 cm³/mol. The van der Waals surface area contributed by atoms with Crippen LogP contribution in [0.5, 0.6) is 0 Å². The van der Waals surface area contributed by atoms with Crippen molar-refractivity contribution in [2.45, 2.75) is 219 Å². The van der Waals surface area contributed by atoms with Crippen LogP contribution < -0.4 is 5.32 Å². The molecule has 0 saturated carbocycles. The minimum Gasteiger partial charge on any atom is -0.462 e. The Hall–Kier alpha value is -4.00. The van der Waals surface area contributed by atoms with Gasteiger partial charge in [0.05, 0.1) is 25.2 Å². The highest BCUT2D eigenvalue weighted by Gasteiger charge is 2.24. The van der Waals surface area contributed by atoms with Crippen LogP contribution in [0, 0.1) is 0 Å². The molecule has 0 rings (SSSR count). The van der Waals surface area contributed by atoms with Crippen molar-refractivity contribution in [2.75, 3.05) is 6.61 Å². The van der Waals surface area contributed by atoms with E-state index < -0.39 is 18.2 Å². The zero-order chi connectivity index (χ0) is 47.4. The van der Waals surface area contributed by atoms with Crippen LogP contribution in [0.3, 0.4) is 0 Å². The van der Waals surface area contributed by atoms with E-state index in [2.05, 4.69) is 99.0 Å². The van der Waals surface area contributed by atoms with Gasteiger partial charge in [0, 0.05) is 6.42 Å². The van der Waals surface area contributed by atoms with Crippen molar-refractivity contribution in [1.82, 2.24) is 5.32 Å². The molecule has 1 amide bonds. The Balaban J connectivity index is 4.84.